The highest BCUT2D eigenvalue weighted by atomic mass is 15.1. The van der Waals surface area contributed by atoms with Crippen LogP contribution < -0.4 is 4.90 Å². The first-order valence-corrected chi connectivity index (χ1v) is 13.8. The van der Waals surface area contributed by atoms with Gasteiger partial charge in [0.2, 0.25) is 0 Å². The number of nitrogens with zero attached hydrogens (tertiary/aromatic N) is 3. The van der Waals surface area contributed by atoms with Crippen LogP contribution in [0.2, 0.25) is 0 Å². The van der Waals surface area contributed by atoms with Crippen molar-refractivity contribution in [3.8, 4) is 44.8 Å². The molecule has 5 aromatic carbocycles. The number of hydrogen-bond acceptors (Lipinski definition) is 3. The van der Waals surface area contributed by atoms with Gasteiger partial charge in [-0.15, -0.1) is 0 Å². The summed E-state index contributed by atoms with van der Waals surface area (Å²) in [5.74, 6) is 0. The minimum absolute atomic E-state index is 0.840. The molecule has 8 rings (SSSR count). The van der Waals surface area contributed by atoms with Gasteiger partial charge in [0.05, 0.1) is 11.4 Å². The normalized spacial score (nSPS) is 11.4. The Bertz CT molecular complexity index is 2020. The topological polar surface area (TPSA) is 29.0 Å². The Morgan fingerprint density at radius 2 is 1.05 bits per heavy atom. The number of para-hydroxylation sites is 1. The zero-order valence-corrected chi connectivity index (χ0v) is 22.3. The van der Waals surface area contributed by atoms with Crippen LogP contribution >= 0.6 is 0 Å². The van der Waals surface area contributed by atoms with Gasteiger partial charge in [-0.3, -0.25) is 9.97 Å². The molecule has 2 heterocycles. The molecule has 1 aliphatic carbocycles. The van der Waals surface area contributed by atoms with Crippen LogP contribution in [0.15, 0.2) is 152 Å². The van der Waals surface area contributed by atoms with Gasteiger partial charge in [-0.25, -0.2) is 0 Å². The number of fused-ring (bicyclic) bond motifs is 3. The van der Waals surface area contributed by atoms with E-state index in [-0.39, 0.29) is 0 Å². The van der Waals surface area contributed by atoms with Gasteiger partial charge in [0.25, 0.3) is 0 Å². The first-order valence-electron chi connectivity index (χ1n) is 13.8. The smallest absolute Gasteiger partial charge is 0.0906 e. The molecule has 0 amide bonds. The van der Waals surface area contributed by atoms with Crippen molar-refractivity contribution in [1.82, 2.24) is 9.97 Å². The fourth-order valence-corrected chi connectivity index (χ4v) is 6.11. The molecule has 2 aromatic heterocycles. The van der Waals surface area contributed by atoms with Gasteiger partial charge in [0, 0.05) is 29.5 Å². The summed E-state index contributed by atoms with van der Waals surface area (Å²) < 4.78 is 0. The predicted molar refractivity (Wildman–Crippen MR) is 170 cm³/mol. The predicted octanol–water partition coefficient (Wildman–Crippen LogP) is 10.1. The molecule has 0 N–H and O–H groups in total. The third-order valence-corrected chi connectivity index (χ3v) is 7.91. The molecular formula is C38H25N3. The van der Waals surface area contributed by atoms with Crippen molar-refractivity contribution in [2.24, 2.45) is 0 Å². The van der Waals surface area contributed by atoms with Gasteiger partial charge in [-0.2, -0.15) is 0 Å². The van der Waals surface area contributed by atoms with E-state index < -0.39 is 0 Å². The highest BCUT2D eigenvalue weighted by Crippen LogP contribution is 2.49. The van der Waals surface area contributed by atoms with Crippen molar-refractivity contribution in [1.29, 1.82) is 0 Å². The van der Waals surface area contributed by atoms with Crippen LogP contribution in [0.25, 0.3) is 55.5 Å². The number of rotatable bonds is 5. The molecule has 0 fully saturated rings. The maximum absolute atomic E-state index is 4.63. The average molecular weight is 524 g/mol. The zero-order valence-electron chi connectivity index (χ0n) is 22.3. The van der Waals surface area contributed by atoms with Crippen molar-refractivity contribution in [2.45, 2.75) is 0 Å². The Hall–Kier alpha value is -5.54. The third kappa shape index (κ3) is 3.90. The summed E-state index contributed by atoms with van der Waals surface area (Å²) in [6.07, 6.45) is 3.67. The lowest BCUT2D eigenvalue weighted by atomic mass is 9.94. The van der Waals surface area contributed by atoms with Crippen LogP contribution in [-0.4, -0.2) is 9.97 Å². The molecule has 0 aliphatic heterocycles. The number of aromatic nitrogens is 2. The van der Waals surface area contributed by atoms with Gasteiger partial charge in [-0.05, 0) is 92.7 Å². The quantitative estimate of drug-likeness (QED) is 0.225. The summed E-state index contributed by atoms with van der Waals surface area (Å²) in [6, 6.07) is 49.4. The summed E-state index contributed by atoms with van der Waals surface area (Å²) in [5.41, 5.74) is 12.6. The number of pyridine rings is 2. The molecule has 0 radical (unpaired) electrons. The summed E-state index contributed by atoms with van der Waals surface area (Å²) in [4.78, 5) is 11.4. The van der Waals surface area contributed by atoms with E-state index in [0.717, 1.165) is 28.5 Å². The maximum atomic E-state index is 4.63. The number of benzene rings is 5. The van der Waals surface area contributed by atoms with Gasteiger partial charge in [0.15, 0.2) is 0 Å². The van der Waals surface area contributed by atoms with Crippen LogP contribution in [-0.2, 0) is 0 Å². The Kier molecular flexibility index (Phi) is 5.46. The Morgan fingerprint density at radius 1 is 0.390 bits per heavy atom. The molecule has 7 aromatic rings. The molecule has 3 nitrogen and oxygen atoms in total. The first kappa shape index (κ1) is 23.4. The van der Waals surface area contributed by atoms with Crippen LogP contribution in [0.5, 0.6) is 0 Å². The minimum atomic E-state index is 0.840. The highest BCUT2D eigenvalue weighted by Gasteiger charge is 2.22. The van der Waals surface area contributed by atoms with Crippen LogP contribution in [0, 0.1) is 0 Å². The van der Waals surface area contributed by atoms with Crippen molar-refractivity contribution in [3.63, 3.8) is 0 Å². The number of hydrogen-bond donors (Lipinski definition) is 0. The molecule has 192 valence electrons. The van der Waals surface area contributed by atoms with Crippen molar-refractivity contribution in [2.75, 3.05) is 4.90 Å². The second-order valence-corrected chi connectivity index (χ2v) is 10.3. The minimum Gasteiger partial charge on any atom is -0.310 e. The number of anilines is 3. The molecule has 0 bridgehead atoms. The zero-order chi connectivity index (χ0) is 27.2. The summed E-state index contributed by atoms with van der Waals surface area (Å²) in [5, 5.41) is 2.62. The van der Waals surface area contributed by atoms with Crippen LogP contribution in [0.1, 0.15) is 0 Å². The van der Waals surface area contributed by atoms with E-state index in [1.807, 2.05) is 24.4 Å². The molecular weight excluding hydrogens is 498 g/mol. The SMILES string of the molecule is c1ccc(N(c2cccc(-c3ccc4c5c(cccc35)-c3ccccc3-4)c2)c2ccnc(-c3ccccn3)c2)cc1. The van der Waals surface area contributed by atoms with Gasteiger partial charge in [-0.1, -0.05) is 91.0 Å². The largest absolute Gasteiger partial charge is 0.310 e. The van der Waals surface area contributed by atoms with Crippen molar-refractivity contribution < 1.29 is 0 Å². The Morgan fingerprint density at radius 3 is 1.88 bits per heavy atom. The Balaban J connectivity index is 1.28. The van der Waals surface area contributed by atoms with E-state index in [0.29, 0.717) is 0 Å². The molecule has 41 heavy (non-hydrogen) atoms. The van der Waals surface area contributed by atoms with Crippen molar-refractivity contribution >= 4 is 27.8 Å². The van der Waals surface area contributed by atoms with E-state index in [1.54, 1.807) is 6.20 Å². The third-order valence-electron chi connectivity index (χ3n) is 7.91. The van der Waals surface area contributed by atoms with Gasteiger partial charge >= 0.3 is 0 Å². The van der Waals surface area contributed by atoms with Crippen molar-refractivity contribution in [3.05, 3.63) is 152 Å². The molecule has 0 atom stereocenters. The van der Waals surface area contributed by atoms with Crippen LogP contribution in [0.3, 0.4) is 0 Å². The van der Waals surface area contributed by atoms with E-state index in [2.05, 4.69) is 136 Å². The molecule has 0 saturated carbocycles. The second-order valence-electron chi connectivity index (χ2n) is 10.3. The first-order chi connectivity index (χ1) is 20.3. The van der Waals surface area contributed by atoms with Gasteiger partial charge < -0.3 is 4.90 Å². The molecule has 1 aliphatic rings. The molecule has 0 saturated heterocycles. The molecule has 3 heteroatoms. The highest BCUT2D eigenvalue weighted by molar-refractivity contribution is 6.18. The summed E-state index contributed by atoms with van der Waals surface area (Å²) >= 11 is 0. The van der Waals surface area contributed by atoms with E-state index >= 15 is 0 Å². The lowest BCUT2D eigenvalue weighted by Gasteiger charge is -2.26. The fourth-order valence-electron chi connectivity index (χ4n) is 6.11. The average Bonchev–Trinajstić information content (AvgIpc) is 3.38. The van der Waals surface area contributed by atoms with E-state index in [4.69, 9.17) is 0 Å². The van der Waals surface area contributed by atoms with Gasteiger partial charge in [0.1, 0.15) is 0 Å². The molecule has 0 spiro atoms. The second kappa shape index (κ2) is 9.58. The van der Waals surface area contributed by atoms with E-state index in [9.17, 15) is 0 Å². The monoisotopic (exact) mass is 523 g/mol. The summed E-state index contributed by atoms with van der Waals surface area (Å²) in [7, 11) is 0. The maximum Gasteiger partial charge on any atom is 0.0906 e. The lowest BCUT2D eigenvalue weighted by molar-refractivity contribution is 1.22. The summed E-state index contributed by atoms with van der Waals surface area (Å²) in [6.45, 7) is 0. The lowest BCUT2D eigenvalue weighted by Crippen LogP contribution is -2.10. The molecule has 0 unspecified atom stereocenters. The van der Waals surface area contributed by atoms with Crippen LogP contribution in [0.4, 0.5) is 17.1 Å². The fraction of sp³-hybridized carbons (Fsp3) is 0. The van der Waals surface area contributed by atoms with E-state index in [1.165, 1.54) is 44.2 Å². The Labute approximate surface area is 239 Å². The standard InChI is InChI=1S/C38H25N3/c1-2-11-27(12-3-1)41(29-21-23-40-37(25-29)36-18-6-7-22-39-36)28-13-8-10-26(24-28)30-19-20-35-32-15-5-4-14-31(32)34-17-9-16-33(30)38(34)35/h1-25H.